The predicted octanol–water partition coefficient (Wildman–Crippen LogP) is 4.36. The number of nitrogens with zero attached hydrogens (tertiary/aromatic N) is 1. The molecule has 0 radical (unpaired) electrons. The third kappa shape index (κ3) is 3.63. The fourth-order valence-corrected chi connectivity index (χ4v) is 2.91. The Kier molecular flexibility index (Phi) is 5.66. The lowest BCUT2D eigenvalue weighted by molar-refractivity contribution is 0.396. The molecule has 1 aromatic heterocycles. The summed E-state index contributed by atoms with van der Waals surface area (Å²) in [7, 11) is 0. The van der Waals surface area contributed by atoms with E-state index in [-0.39, 0.29) is 0 Å². The summed E-state index contributed by atoms with van der Waals surface area (Å²) in [5, 5.41) is 1.34. The number of nitrogens with two attached hydrogens (primary N) is 1. The molecule has 0 amide bonds. The number of hydrogen-bond donors (Lipinski definition) is 1. The summed E-state index contributed by atoms with van der Waals surface area (Å²) in [6.45, 7) is 6.45. The Morgan fingerprint density at radius 2 is 2.05 bits per heavy atom. The first-order valence-corrected chi connectivity index (χ1v) is 8.06. The highest BCUT2D eigenvalue weighted by Gasteiger charge is 2.09. The summed E-state index contributed by atoms with van der Waals surface area (Å²) in [5.41, 5.74) is 8.38. The van der Waals surface area contributed by atoms with Gasteiger partial charge in [-0.2, -0.15) is 0 Å². The van der Waals surface area contributed by atoms with Crippen LogP contribution in [-0.4, -0.2) is 11.1 Å². The van der Waals surface area contributed by atoms with Gasteiger partial charge in [-0.3, -0.25) is 0 Å². The molecular weight excluding hydrogens is 244 g/mol. The Morgan fingerprint density at radius 1 is 1.20 bits per heavy atom. The molecule has 0 spiro atoms. The van der Waals surface area contributed by atoms with E-state index in [1.165, 1.54) is 42.1 Å². The molecule has 1 aromatic carbocycles. The summed E-state index contributed by atoms with van der Waals surface area (Å²) >= 11 is 0. The second kappa shape index (κ2) is 7.49. The normalized spacial score (nSPS) is 12.9. The third-order valence-electron chi connectivity index (χ3n) is 4.27. The second-order valence-electron chi connectivity index (χ2n) is 5.82. The van der Waals surface area contributed by atoms with Gasteiger partial charge in [0.2, 0.25) is 0 Å². The number of aromatic nitrogens is 1. The van der Waals surface area contributed by atoms with Gasteiger partial charge in [0.1, 0.15) is 0 Å². The quantitative estimate of drug-likeness (QED) is 0.760. The van der Waals surface area contributed by atoms with E-state index in [0.29, 0.717) is 0 Å². The van der Waals surface area contributed by atoms with Gasteiger partial charge in [0.05, 0.1) is 0 Å². The second-order valence-corrected chi connectivity index (χ2v) is 5.82. The van der Waals surface area contributed by atoms with Crippen molar-refractivity contribution in [3.8, 4) is 0 Å². The van der Waals surface area contributed by atoms with E-state index in [2.05, 4.69) is 48.9 Å². The first-order valence-electron chi connectivity index (χ1n) is 8.06. The molecule has 2 nitrogen and oxygen atoms in total. The molecule has 20 heavy (non-hydrogen) atoms. The van der Waals surface area contributed by atoms with Crippen LogP contribution in [-0.2, 0) is 13.0 Å². The van der Waals surface area contributed by atoms with Crippen LogP contribution in [0.15, 0.2) is 30.5 Å². The van der Waals surface area contributed by atoms with Crippen LogP contribution in [0.3, 0.4) is 0 Å². The first kappa shape index (κ1) is 15.1. The zero-order chi connectivity index (χ0) is 14.4. The zero-order valence-electron chi connectivity index (χ0n) is 12.9. The zero-order valence-corrected chi connectivity index (χ0v) is 12.9. The molecule has 0 aliphatic rings. The summed E-state index contributed by atoms with van der Waals surface area (Å²) in [6, 6.07) is 8.97. The van der Waals surface area contributed by atoms with E-state index in [1.54, 1.807) is 0 Å². The predicted molar refractivity (Wildman–Crippen MR) is 88.0 cm³/mol. The maximum Gasteiger partial charge on any atom is 0.0483 e. The molecule has 0 aliphatic heterocycles. The van der Waals surface area contributed by atoms with Crippen LogP contribution in [0.2, 0.25) is 0 Å². The van der Waals surface area contributed by atoms with E-state index < -0.39 is 0 Å². The van der Waals surface area contributed by atoms with Crippen LogP contribution in [0.25, 0.3) is 10.9 Å². The van der Waals surface area contributed by atoms with Crippen LogP contribution >= 0.6 is 0 Å². The lowest BCUT2D eigenvalue weighted by Gasteiger charge is -2.16. The number of hydrogen-bond acceptors (Lipinski definition) is 1. The maximum atomic E-state index is 5.67. The Morgan fingerprint density at radius 3 is 2.75 bits per heavy atom. The molecule has 0 saturated heterocycles. The minimum atomic E-state index is 0.723. The van der Waals surface area contributed by atoms with Gasteiger partial charge in [-0.15, -0.1) is 0 Å². The molecule has 1 heterocycles. The van der Waals surface area contributed by atoms with Crippen molar-refractivity contribution in [2.75, 3.05) is 6.54 Å². The summed E-state index contributed by atoms with van der Waals surface area (Å²) < 4.78 is 2.43. The molecular formula is C18H28N2. The van der Waals surface area contributed by atoms with E-state index in [9.17, 15) is 0 Å². The van der Waals surface area contributed by atoms with E-state index in [4.69, 9.17) is 5.73 Å². The van der Waals surface area contributed by atoms with Gasteiger partial charge in [-0.05, 0) is 48.4 Å². The van der Waals surface area contributed by atoms with E-state index >= 15 is 0 Å². The molecule has 0 saturated carbocycles. The molecule has 0 aliphatic carbocycles. The monoisotopic (exact) mass is 272 g/mol. The Labute approximate surface area is 123 Å². The van der Waals surface area contributed by atoms with Crippen LogP contribution in [0.4, 0.5) is 0 Å². The smallest absolute Gasteiger partial charge is 0.0483 e. The minimum absolute atomic E-state index is 0.723. The molecule has 110 valence electrons. The van der Waals surface area contributed by atoms with Crippen molar-refractivity contribution in [1.82, 2.24) is 4.57 Å². The lowest BCUT2D eigenvalue weighted by atomic mass is 9.99. The minimum Gasteiger partial charge on any atom is -0.347 e. The standard InChI is InChI=1S/C18H28N2/c1-3-5-6-15(4-2)14-20-12-10-17-8-7-16(9-11-19)13-18(17)20/h7-8,10,12-13,15H,3-6,9,11,14,19H2,1-2H3. The van der Waals surface area contributed by atoms with Crippen molar-refractivity contribution < 1.29 is 0 Å². The number of fused-ring (bicyclic) bond motifs is 1. The molecule has 1 atom stereocenters. The topological polar surface area (TPSA) is 30.9 Å². The van der Waals surface area contributed by atoms with Gasteiger partial charge in [-0.1, -0.05) is 45.2 Å². The molecule has 0 bridgehead atoms. The van der Waals surface area contributed by atoms with Crippen molar-refractivity contribution in [2.24, 2.45) is 11.7 Å². The van der Waals surface area contributed by atoms with Crippen LogP contribution < -0.4 is 5.73 Å². The van der Waals surface area contributed by atoms with Crippen molar-refractivity contribution in [3.63, 3.8) is 0 Å². The summed E-state index contributed by atoms with van der Waals surface area (Å²) in [5.74, 6) is 0.795. The third-order valence-corrected chi connectivity index (χ3v) is 4.27. The lowest BCUT2D eigenvalue weighted by Crippen LogP contribution is -2.09. The Bertz CT molecular complexity index is 527. The van der Waals surface area contributed by atoms with Gasteiger partial charge in [-0.25, -0.2) is 0 Å². The van der Waals surface area contributed by atoms with Gasteiger partial charge in [0.15, 0.2) is 0 Å². The molecule has 2 rings (SSSR count). The molecule has 2 aromatic rings. The van der Waals surface area contributed by atoms with Crippen molar-refractivity contribution >= 4 is 10.9 Å². The number of unbranched alkanes of at least 4 members (excludes halogenated alkanes) is 1. The van der Waals surface area contributed by atoms with Crippen LogP contribution in [0.5, 0.6) is 0 Å². The highest BCUT2D eigenvalue weighted by molar-refractivity contribution is 5.80. The van der Waals surface area contributed by atoms with Crippen molar-refractivity contribution in [2.45, 2.75) is 52.5 Å². The van der Waals surface area contributed by atoms with Crippen LogP contribution in [0.1, 0.15) is 45.1 Å². The van der Waals surface area contributed by atoms with Crippen molar-refractivity contribution in [1.29, 1.82) is 0 Å². The molecule has 2 heteroatoms. The molecule has 1 unspecified atom stereocenters. The van der Waals surface area contributed by atoms with Gasteiger partial charge >= 0.3 is 0 Å². The largest absolute Gasteiger partial charge is 0.347 e. The van der Waals surface area contributed by atoms with E-state index in [1.807, 2.05) is 0 Å². The Balaban J connectivity index is 2.18. The highest BCUT2D eigenvalue weighted by atomic mass is 15.0. The van der Waals surface area contributed by atoms with Crippen molar-refractivity contribution in [3.05, 3.63) is 36.0 Å². The Hall–Kier alpha value is -1.28. The number of rotatable bonds is 8. The molecule has 2 N–H and O–H groups in total. The van der Waals surface area contributed by atoms with Gasteiger partial charge < -0.3 is 10.3 Å². The first-order chi connectivity index (χ1) is 9.78. The summed E-state index contributed by atoms with van der Waals surface area (Å²) in [6.07, 6.45) is 8.46. The summed E-state index contributed by atoms with van der Waals surface area (Å²) in [4.78, 5) is 0. The fraction of sp³-hybridized carbons (Fsp3) is 0.556. The number of benzene rings is 1. The average Bonchev–Trinajstić information content (AvgIpc) is 2.86. The average molecular weight is 272 g/mol. The van der Waals surface area contributed by atoms with Gasteiger partial charge in [0, 0.05) is 18.3 Å². The highest BCUT2D eigenvalue weighted by Crippen LogP contribution is 2.22. The molecule has 0 fully saturated rings. The van der Waals surface area contributed by atoms with E-state index in [0.717, 1.165) is 25.4 Å². The fourth-order valence-electron chi connectivity index (χ4n) is 2.91. The van der Waals surface area contributed by atoms with Gasteiger partial charge in [0.25, 0.3) is 0 Å². The maximum absolute atomic E-state index is 5.67. The van der Waals surface area contributed by atoms with Crippen LogP contribution in [0, 0.1) is 5.92 Å². The SMILES string of the molecule is CCCCC(CC)Cn1ccc2ccc(CCN)cc21.